The van der Waals surface area contributed by atoms with E-state index in [1.54, 1.807) is 12.1 Å². The number of urea groups is 1. The largest absolute Gasteiger partial charge is 0.480 e. The Labute approximate surface area is 211 Å². The van der Waals surface area contributed by atoms with Crippen molar-refractivity contribution in [2.75, 3.05) is 30.0 Å². The SMILES string of the molecule is CS(=O)(=O)c1ccccc1-c1ccc(NC(=O)CN(CC(=O)O)C(=O)Nc2ccc(Cl)cc2)c(F)c1. The Balaban J connectivity index is 1.75. The van der Waals surface area contributed by atoms with Crippen LogP contribution in [0.2, 0.25) is 5.02 Å². The van der Waals surface area contributed by atoms with Gasteiger partial charge >= 0.3 is 12.0 Å². The van der Waals surface area contributed by atoms with E-state index >= 15 is 0 Å². The molecule has 3 rings (SSSR count). The fraction of sp³-hybridized carbons (Fsp3) is 0.125. The zero-order chi connectivity index (χ0) is 26.5. The third kappa shape index (κ3) is 7.03. The number of halogens is 2. The summed E-state index contributed by atoms with van der Waals surface area (Å²) in [6.07, 6.45) is 1.04. The van der Waals surface area contributed by atoms with Gasteiger partial charge in [-0.25, -0.2) is 17.6 Å². The zero-order valence-corrected chi connectivity index (χ0v) is 20.4. The van der Waals surface area contributed by atoms with E-state index in [1.165, 1.54) is 48.5 Å². The number of benzene rings is 3. The highest BCUT2D eigenvalue weighted by atomic mass is 35.5. The van der Waals surface area contributed by atoms with Gasteiger partial charge in [-0.2, -0.15) is 0 Å². The molecule has 0 saturated carbocycles. The molecule has 0 saturated heterocycles. The minimum Gasteiger partial charge on any atom is -0.480 e. The van der Waals surface area contributed by atoms with Gasteiger partial charge in [-0.1, -0.05) is 35.9 Å². The van der Waals surface area contributed by atoms with E-state index in [9.17, 15) is 27.2 Å². The topological polar surface area (TPSA) is 133 Å². The highest BCUT2D eigenvalue weighted by molar-refractivity contribution is 7.90. The van der Waals surface area contributed by atoms with E-state index in [0.29, 0.717) is 16.3 Å². The molecule has 0 fully saturated rings. The summed E-state index contributed by atoms with van der Waals surface area (Å²) >= 11 is 5.80. The first-order valence-electron chi connectivity index (χ1n) is 10.4. The van der Waals surface area contributed by atoms with Gasteiger partial charge < -0.3 is 20.6 Å². The molecule has 3 N–H and O–H groups in total. The third-order valence-corrected chi connectivity index (χ3v) is 6.29. The first kappa shape index (κ1) is 26.6. The summed E-state index contributed by atoms with van der Waals surface area (Å²) < 4.78 is 38.9. The van der Waals surface area contributed by atoms with E-state index in [-0.39, 0.29) is 16.1 Å². The summed E-state index contributed by atoms with van der Waals surface area (Å²) in [4.78, 5) is 37.0. The number of sulfone groups is 1. The van der Waals surface area contributed by atoms with Crippen LogP contribution in [0.15, 0.2) is 71.6 Å². The van der Waals surface area contributed by atoms with Crippen molar-refractivity contribution in [1.82, 2.24) is 4.90 Å². The van der Waals surface area contributed by atoms with Gasteiger partial charge in [-0.05, 0) is 48.0 Å². The van der Waals surface area contributed by atoms with E-state index in [2.05, 4.69) is 10.6 Å². The van der Waals surface area contributed by atoms with Gasteiger partial charge in [0.2, 0.25) is 5.91 Å². The molecule has 3 amide bonds. The van der Waals surface area contributed by atoms with Gasteiger partial charge in [-0.3, -0.25) is 9.59 Å². The van der Waals surface area contributed by atoms with Gasteiger partial charge in [0.15, 0.2) is 9.84 Å². The molecule has 0 radical (unpaired) electrons. The van der Waals surface area contributed by atoms with Crippen molar-refractivity contribution < 1.29 is 32.3 Å². The monoisotopic (exact) mass is 533 g/mol. The summed E-state index contributed by atoms with van der Waals surface area (Å²) in [5.74, 6) is -3.04. The second-order valence-electron chi connectivity index (χ2n) is 7.70. The van der Waals surface area contributed by atoms with Crippen LogP contribution in [0.1, 0.15) is 0 Å². The number of aliphatic carboxylic acids is 1. The Morgan fingerprint density at radius 3 is 2.25 bits per heavy atom. The van der Waals surface area contributed by atoms with Crippen LogP contribution >= 0.6 is 11.6 Å². The molecule has 9 nitrogen and oxygen atoms in total. The predicted octanol–water partition coefficient (Wildman–Crippen LogP) is 4.11. The first-order chi connectivity index (χ1) is 16.9. The van der Waals surface area contributed by atoms with Gasteiger partial charge in [0.05, 0.1) is 10.6 Å². The molecule has 3 aromatic rings. The number of carboxylic acids is 1. The van der Waals surface area contributed by atoms with E-state index in [4.69, 9.17) is 16.7 Å². The summed E-state index contributed by atoms with van der Waals surface area (Å²) in [7, 11) is -3.57. The van der Waals surface area contributed by atoms with Crippen LogP contribution in [0.3, 0.4) is 0 Å². The maximum Gasteiger partial charge on any atom is 0.323 e. The van der Waals surface area contributed by atoms with Crippen LogP contribution in [-0.4, -0.2) is 55.7 Å². The Hall–Kier alpha value is -3.96. The predicted molar refractivity (Wildman–Crippen MR) is 133 cm³/mol. The summed E-state index contributed by atoms with van der Waals surface area (Å²) in [5, 5.41) is 14.3. The van der Waals surface area contributed by atoms with Gasteiger partial charge in [0.25, 0.3) is 0 Å². The summed E-state index contributed by atoms with van der Waals surface area (Å²) in [6.45, 7) is -1.46. The number of amides is 3. The maximum atomic E-state index is 14.8. The van der Waals surface area contributed by atoms with E-state index in [1.807, 2.05) is 0 Å². The van der Waals surface area contributed by atoms with Gasteiger partial charge in [0, 0.05) is 22.5 Å². The Bertz CT molecular complexity index is 1410. The summed E-state index contributed by atoms with van der Waals surface area (Å²) in [5.41, 5.74) is 0.676. The average Bonchev–Trinajstić information content (AvgIpc) is 2.80. The molecule has 0 bridgehead atoms. The second-order valence-corrected chi connectivity index (χ2v) is 10.1. The molecule has 0 heterocycles. The fourth-order valence-corrected chi connectivity index (χ4v) is 4.31. The van der Waals surface area contributed by atoms with Crippen molar-refractivity contribution in [1.29, 1.82) is 0 Å². The molecule has 0 atom stereocenters. The summed E-state index contributed by atoms with van der Waals surface area (Å²) in [6, 6.07) is 15.0. The maximum absolute atomic E-state index is 14.8. The van der Waals surface area contributed by atoms with Crippen molar-refractivity contribution in [2.45, 2.75) is 4.90 Å². The lowest BCUT2D eigenvalue weighted by Gasteiger charge is -2.21. The number of hydrogen-bond donors (Lipinski definition) is 3. The van der Waals surface area contributed by atoms with Crippen LogP contribution in [-0.2, 0) is 19.4 Å². The van der Waals surface area contributed by atoms with Crippen LogP contribution in [0.5, 0.6) is 0 Å². The van der Waals surface area contributed by atoms with Crippen LogP contribution in [0.4, 0.5) is 20.6 Å². The molecule has 0 aliphatic carbocycles. The molecular weight excluding hydrogens is 513 g/mol. The molecule has 188 valence electrons. The lowest BCUT2D eigenvalue weighted by Crippen LogP contribution is -2.43. The average molecular weight is 534 g/mol. The Morgan fingerprint density at radius 2 is 1.64 bits per heavy atom. The number of nitrogens with zero attached hydrogens (tertiary/aromatic N) is 1. The van der Waals surface area contributed by atoms with Crippen LogP contribution < -0.4 is 10.6 Å². The third-order valence-electron chi connectivity index (χ3n) is 4.88. The lowest BCUT2D eigenvalue weighted by atomic mass is 10.0. The fourth-order valence-electron chi connectivity index (χ4n) is 3.27. The van der Waals surface area contributed by atoms with E-state index in [0.717, 1.165) is 17.2 Å². The van der Waals surface area contributed by atoms with Crippen molar-refractivity contribution in [3.05, 3.63) is 77.6 Å². The second kappa shape index (κ2) is 11.2. The number of carbonyl (C=O) groups is 3. The van der Waals surface area contributed by atoms with Crippen molar-refractivity contribution in [3.8, 4) is 11.1 Å². The smallest absolute Gasteiger partial charge is 0.323 e. The lowest BCUT2D eigenvalue weighted by molar-refractivity contribution is -0.137. The Kier molecular flexibility index (Phi) is 8.28. The standard InChI is InChI=1S/C24H21ClFN3O6S/c1-36(34,35)21-5-3-2-4-18(21)15-6-11-20(19(26)12-15)28-22(30)13-29(14-23(31)32)24(33)27-17-9-7-16(25)8-10-17/h2-12H,13-14H2,1H3,(H,27,33)(H,28,30)(H,31,32). The van der Waals surface area contributed by atoms with Gasteiger partial charge in [-0.15, -0.1) is 0 Å². The molecule has 12 heteroatoms. The molecule has 0 aliphatic rings. The number of hydrogen-bond acceptors (Lipinski definition) is 5. The minimum absolute atomic E-state index is 0.0252. The van der Waals surface area contributed by atoms with Crippen LogP contribution in [0.25, 0.3) is 11.1 Å². The molecule has 0 unspecified atom stereocenters. The quantitative estimate of drug-likeness (QED) is 0.399. The normalized spacial score (nSPS) is 11.0. The number of carbonyl (C=O) groups excluding carboxylic acids is 2. The first-order valence-corrected chi connectivity index (χ1v) is 12.6. The van der Waals surface area contributed by atoms with Gasteiger partial charge in [0.1, 0.15) is 18.9 Å². The van der Waals surface area contributed by atoms with E-state index < -0.39 is 46.7 Å². The number of anilines is 2. The minimum atomic E-state index is -3.57. The molecular formula is C24H21ClFN3O6S. The van der Waals surface area contributed by atoms with Crippen molar-refractivity contribution in [2.24, 2.45) is 0 Å². The highest BCUT2D eigenvalue weighted by Gasteiger charge is 2.21. The van der Waals surface area contributed by atoms with Crippen LogP contribution in [0, 0.1) is 5.82 Å². The highest BCUT2D eigenvalue weighted by Crippen LogP contribution is 2.29. The molecule has 36 heavy (non-hydrogen) atoms. The molecule has 0 aliphatic heterocycles. The van der Waals surface area contributed by atoms with Crippen molar-refractivity contribution >= 4 is 50.7 Å². The molecule has 0 spiro atoms. The van der Waals surface area contributed by atoms with Crippen molar-refractivity contribution in [3.63, 3.8) is 0 Å². The molecule has 0 aromatic heterocycles. The number of rotatable bonds is 8. The Morgan fingerprint density at radius 1 is 0.972 bits per heavy atom. The number of nitrogens with one attached hydrogen (secondary N) is 2. The zero-order valence-electron chi connectivity index (χ0n) is 18.9. The molecule has 3 aromatic carbocycles. The number of carboxylic acid groups (broad SMARTS) is 1.